The number of esters is 1. The van der Waals surface area contributed by atoms with Crippen LogP contribution in [0.3, 0.4) is 0 Å². The maximum atomic E-state index is 11.9. The van der Waals surface area contributed by atoms with Crippen LogP contribution in [0.25, 0.3) is 0 Å². The maximum absolute atomic E-state index is 11.9. The van der Waals surface area contributed by atoms with Gasteiger partial charge >= 0.3 is 5.97 Å². The second-order valence-electron chi connectivity index (χ2n) is 7.11. The highest BCUT2D eigenvalue weighted by Crippen LogP contribution is 2.38. The van der Waals surface area contributed by atoms with Gasteiger partial charge in [0.15, 0.2) is 5.78 Å². The third-order valence-corrected chi connectivity index (χ3v) is 4.22. The first-order valence-electron chi connectivity index (χ1n) is 8.94. The number of hydrogen-bond acceptors (Lipinski definition) is 4. The average Bonchev–Trinajstić information content (AvgIpc) is 2.55. The Morgan fingerprint density at radius 1 is 0.923 bits per heavy atom. The fourth-order valence-electron chi connectivity index (χ4n) is 2.92. The van der Waals surface area contributed by atoms with E-state index in [4.69, 9.17) is 4.74 Å². The molecule has 0 aliphatic carbocycles. The van der Waals surface area contributed by atoms with Crippen LogP contribution in [0.5, 0.6) is 5.75 Å². The van der Waals surface area contributed by atoms with Gasteiger partial charge in [-0.25, -0.2) is 0 Å². The molecular weight excluding hydrogens is 326 g/mol. The molecule has 2 aromatic carbocycles. The summed E-state index contributed by atoms with van der Waals surface area (Å²) in [5.41, 5.74) is 4.23. The Morgan fingerprint density at radius 3 is 1.92 bits per heavy atom. The zero-order valence-corrected chi connectivity index (χ0v) is 16.3. The number of benzene rings is 2. The van der Waals surface area contributed by atoms with E-state index in [1.165, 1.54) is 6.92 Å². The molecule has 0 saturated heterocycles. The van der Waals surface area contributed by atoms with Crippen molar-refractivity contribution >= 4 is 23.1 Å². The quantitative estimate of drug-likeness (QED) is 0.405. The molecule has 0 fully saturated rings. The van der Waals surface area contributed by atoms with Gasteiger partial charge in [-0.15, -0.1) is 0 Å². The molecule has 1 N–H and O–H groups in total. The molecule has 2 rings (SSSR count). The van der Waals surface area contributed by atoms with E-state index in [1.54, 1.807) is 6.92 Å². The number of Topliss-reactive ketones (excluding diaryl/α,β-unsaturated/α-hetero) is 1. The summed E-state index contributed by atoms with van der Waals surface area (Å²) in [7, 11) is 0. The highest BCUT2D eigenvalue weighted by molar-refractivity contribution is 6.00. The molecule has 0 atom stereocenters. The van der Waals surface area contributed by atoms with Crippen molar-refractivity contribution in [1.82, 2.24) is 0 Å². The highest BCUT2D eigenvalue weighted by atomic mass is 16.5. The summed E-state index contributed by atoms with van der Waals surface area (Å²) in [6, 6.07) is 11.4. The number of ketones is 1. The van der Waals surface area contributed by atoms with E-state index >= 15 is 0 Å². The summed E-state index contributed by atoms with van der Waals surface area (Å²) in [4.78, 5) is 23.5. The number of para-hydroxylation sites is 1. The molecular formula is C22H27NO3. The molecule has 4 nitrogen and oxygen atoms in total. The number of nitrogens with one attached hydrogen (secondary N) is 1. The van der Waals surface area contributed by atoms with Crippen LogP contribution in [0.1, 0.15) is 74.9 Å². The average molecular weight is 353 g/mol. The van der Waals surface area contributed by atoms with Gasteiger partial charge in [0.25, 0.3) is 0 Å². The standard InChI is InChI=1S/C22H27NO3/c1-13(2)19-11-17(12-20(14(3)4)22(19)26-16(6)25)23-21-10-8-7-9-18(21)15(5)24/h7-14,23H,1-6H3. The van der Waals surface area contributed by atoms with Crippen LogP contribution < -0.4 is 10.1 Å². The Bertz CT molecular complexity index is 793. The molecule has 0 aliphatic heterocycles. The zero-order chi connectivity index (χ0) is 19.4. The third kappa shape index (κ3) is 4.51. The van der Waals surface area contributed by atoms with Crippen molar-refractivity contribution in [3.8, 4) is 5.75 Å². The van der Waals surface area contributed by atoms with Crippen molar-refractivity contribution in [3.05, 3.63) is 53.1 Å². The Morgan fingerprint density at radius 2 is 1.46 bits per heavy atom. The first kappa shape index (κ1) is 19.7. The Hall–Kier alpha value is -2.62. The minimum absolute atomic E-state index is 0.0119. The molecule has 4 heteroatoms. The first-order valence-corrected chi connectivity index (χ1v) is 8.94. The topological polar surface area (TPSA) is 55.4 Å². The van der Waals surface area contributed by atoms with E-state index < -0.39 is 0 Å². The summed E-state index contributed by atoms with van der Waals surface area (Å²) in [5, 5.41) is 3.36. The van der Waals surface area contributed by atoms with Gasteiger partial charge in [-0.05, 0) is 54.2 Å². The van der Waals surface area contributed by atoms with Crippen molar-refractivity contribution in [2.45, 2.75) is 53.4 Å². The number of hydrogen-bond donors (Lipinski definition) is 1. The largest absolute Gasteiger partial charge is 0.426 e. The minimum atomic E-state index is -0.323. The molecule has 2 aromatic rings. The normalized spacial score (nSPS) is 10.9. The number of carbonyl (C=O) groups excluding carboxylic acids is 2. The predicted molar refractivity (Wildman–Crippen MR) is 106 cm³/mol. The smallest absolute Gasteiger partial charge is 0.308 e. The van der Waals surface area contributed by atoms with Crippen molar-refractivity contribution in [3.63, 3.8) is 0 Å². The SMILES string of the molecule is CC(=O)Oc1c(C(C)C)cc(Nc2ccccc2C(C)=O)cc1C(C)C. The van der Waals surface area contributed by atoms with E-state index in [-0.39, 0.29) is 23.6 Å². The maximum Gasteiger partial charge on any atom is 0.308 e. The molecule has 0 heterocycles. The third-order valence-electron chi connectivity index (χ3n) is 4.22. The Labute approximate surface area is 155 Å². The van der Waals surface area contributed by atoms with Crippen molar-refractivity contribution in [2.24, 2.45) is 0 Å². The number of rotatable bonds is 6. The molecule has 0 aliphatic rings. The number of ether oxygens (including phenoxy) is 1. The van der Waals surface area contributed by atoms with Gasteiger partial charge in [-0.2, -0.15) is 0 Å². The van der Waals surface area contributed by atoms with Crippen LogP contribution in [-0.2, 0) is 4.79 Å². The summed E-state index contributed by atoms with van der Waals surface area (Å²) in [6.07, 6.45) is 0. The highest BCUT2D eigenvalue weighted by Gasteiger charge is 2.19. The van der Waals surface area contributed by atoms with Gasteiger partial charge in [0.2, 0.25) is 0 Å². The molecule has 0 spiro atoms. The van der Waals surface area contributed by atoms with Crippen LogP contribution in [0, 0.1) is 0 Å². The van der Waals surface area contributed by atoms with E-state index in [2.05, 4.69) is 33.0 Å². The van der Waals surface area contributed by atoms with Gasteiger partial charge < -0.3 is 10.1 Å². The van der Waals surface area contributed by atoms with Gasteiger partial charge in [0, 0.05) is 23.9 Å². The van der Waals surface area contributed by atoms with Gasteiger partial charge in [-0.1, -0.05) is 39.8 Å². The molecule has 0 radical (unpaired) electrons. The molecule has 0 aromatic heterocycles. The van der Waals surface area contributed by atoms with Crippen LogP contribution in [0.2, 0.25) is 0 Å². The van der Waals surface area contributed by atoms with Crippen molar-refractivity contribution in [2.75, 3.05) is 5.32 Å². The second kappa shape index (κ2) is 8.17. The summed E-state index contributed by atoms with van der Waals surface area (Å²) >= 11 is 0. The molecule has 0 unspecified atom stereocenters. The van der Waals surface area contributed by atoms with Crippen LogP contribution >= 0.6 is 0 Å². The van der Waals surface area contributed by atoms with Gasteiger partial charge in [0.1, 0.15) is 5.75 Å². The van der Waals surface area contributed by atoms with E-state index in [1.807, 2.05) is 36.4 Å². The lowest BCUT2D eigenvalue weighted by Crippen LogP contribution is -2.10. The lowest BCUT2D eigenvalue weighted by Gasteiger charge is -2.21. The summed E-state index contributed by atoms with van der Waals surface area (Å²) < 4.78 is 5.55. The summed E-state index contributed by atoms with van der Waals surface area (Å²) in [6.45, 7) is 11.3. The van der Waals surface area contributed by atoms with Crippen molar-refractivity contribution in [1.29, 1.82) is 0 Å². The molecule has 0 amide bonds. The Balaban J connectivity index is 2.57. The molecule has 0 bridgehead atoms. The molecule has 26 heavy (non-hydrogen) atoms. The molecule has 138 valence electrons. The fraction of sp³-hybridized carbons (Fsp3) is 0.364. The van der Waals surface area contributed by atoms with Gasteiger partial charge in [-0.3, -0.25) is 9.59 Å². The fourth-order valence-corrected chi connectivity index (χ4v) is 2.92. The number of carbonyl (C=O) groups is 2. The van der Waals surface area contributed by atoms with Crippen LogP contribution in [0.15, 0.2) is 36.4 Å². The summed E-state index contributed by atoms with van der Waals surface area (Å²) in [5.74, 6) is 0.709. The predicted octanol–water partition coefficient (Wildman–Crippen LogP) is 5.80. The lowest BCUT2D eigenvalue weighted by molar-refractivity contribution is -0.132. The second-order valence-corrected chi connectivity index (χ2v) is 7.11. The van der Waals surface area contributed by atoms with Gasteiger partial charge in [0.05, 0.1) is 0 Å². The van der Waals surface area contributed by atoms with E-state index in [9.17, 15) is 9.59 Å². The monoisotopic (exact) mass is 353 g/mol. The first-order chi connectivity index (χ1) is 12.2. The zero-order valence-electron chi connectivity index (χ0n) is 16.3. The minimum Gasteiger partial charge on any atom is -0.426 e. The van der Waals surface area contributed by atoms with E-state index in [0.29, 0.717) is 11.3 Å². The van der Waals surface area contributed by atoms with Crippen LogP contribution in [-0.4, -0.2) is 11.8 Å². The van der Waals surface area contributed by atoms with Crippen LogP contribution in [0.4, 0.5) is 11.4 Å². The van der Waals surface area contributed by atoms with E-state index in [0.717, 1.165) is 22.5 Å². The number of anilines is 2. The molecule has 0 saturated carbocycles. The lowest BCUT2D eigenvalue weighted by atomic mass is 9.93. The van der Waals surface area contributed by atoms with Crippen molar-refractivity contribution < 1.29 is 14.3 Å². The Kier molecular flexibility index (Phi) is 6.19.